The van der Waals surface area contributed by atoms with E-state index < -0.39 is 0 Å². The van der Waals surface area contributed by atoms with Crippen molar-refractivity contribution in [2.45, 2.75) is 31.1 Å². The Morgan fingerprint density at radius 1 is 1.07 bits per heavy atom. The highest BCUT2D eigenvalue weighted by Gasteiger charge is 2.38. The van der Waals surface area contributed by atoms with E-state index in [1.54, 1.807) is 12.4 Å². The molecule has 134 valence electrons. The summed E-state index contributed by atoms with van der Waals surface area (Å²) in [5.41, 5.74) is 4.35. The van der Waals surface area contributed by atoms with Crippen molar-refractivity contribution >= 4 is 11.9 Å². The monoisotopic (exact) mass is 356 g/mol. The second kappa shape index (κ2) is 6.27. The van der Waals surface area contributed by atoms with Crippen LogP contribution in [-0.2, 0) is 11.8 Å². The topological polar surface area (TPSA) is 71.5 Å². The van der Waals surface area contributed by atoms with Gasteiger partial charge in [-0.1, -0.05) is 30.7 Å². The fourth-order valence-corrected chi connectivity index (χ4v) is 4.13. The van der Waals surface area contributed by atoms with E-state index in [0.29, 0.717) is 12.1 Å². The van der Waals surface area contributed by atoms with Crippen LogP contribution in [0.4, 0.5) is 0 Å². The van der Waals surface area contributed by atoms with Gasteiger partial charge in [-0.15, -0.1) is 0 Å². The van der Waals surface area contributed by atoms with Gasteiger partial charge in [-0.05, 0) is 36.1 Å². The Bertz CT molecular complexity index is 964. The van der Waals surface area contributed by atoms with Crippen LogP contribution in [0.15, 0.2) is 55.1 Å². The number of H-pyrrole nitrogens is 1. The number of carbonyl (C=O) groups excluding carboxylic acids is 1. The molecule has 0 spiro atoms. The number of pyridine rings is 2. The van der Waals surface area contributed by atoms with Crippen molar-refractivity contribution in [3.05, 3.63) is 83.2 Å². The molecule has 1 saturated carbocycles. The zero-order chi connectivity index (χ0) is 18.3. The van der Waals surface area contributed by atoms with E-state index in [-0.39, 0.29) is 17.1 Å². The van der Waals surface area contributed by atoms with Gasteiger partial charge in [0.2, 0.25) is 0 Å². The lowest BCUT2D eigenvalue weighted by molar-refractivity contribution is 0.0849. The summed E-state index contributed by atoms with van der Waals surface area (Å²) in [6.07, 6.45) is 15.4. The molecule has 5 nitrogen and oxygen atoms in total. The van der Waals surface area contributed by atoms with Crippen LogP contribution in [0.25, 0.3) is 6.08 Å². The molecule has 0 atom stereocenters. The molecule has 2 aliphatic rings. The third kappa shape index (κ3) is 2.53. The molecule has 1 fully saturated rings. The van der Waals surface area contributed by atoms with Gasteiger partial charge in [0.25, 0.3) is 0 Å². The molecule has 1 N–H and O–H groups in total. The smallest absolute Gasteiger partial charge is 0.186 e. The number of Topliss-reactive ketones (excluding diaryl/α,β-unsaturated/α-hetero) is 1. The van der Waals surface area contributed by atoms with Crippen LogP contribution >= 0.6 is 0 Å². The standard InChI is InChI=1S/C22H20N4O/c27-21(15-4-1-5-15)20-18-8-9-22(12-19(18)25-26-20,16-6-2-10-23-13-16)17-7-3-11-24-14-17/h2-3,6-11,13-15H,1,4-5,12H2,(H,25,26). The van der Waals surface area contributed by atoms with Crippen LogP contribution in [-0.4, -0.2) is 25.9 Å². The fourth-order valence-electron chi connectivity index (χ4n) is 4.13. The summed E-state index contributed by atoms with van der Waals surface area (Å²) in [6, 6.07) is 8.09. The van der Waals surface area contributed by atoms with Crippen LogP contribution < -0.4 is 0 Å². The van der Waals surface area contributed by atoms with Crippen LogP contribution in [0.3, 0.4) is 0 Å². The molecule has 3 aromatic heterocycles. The van der Waals surface area contributed by atoms with Gasteiger partial charge in [0.1, 0.15) is 5.69 Å². The first kappa shape index (κ1) is 16.1. The minimum absolute atomic E-state index is 0.147. The molecular formula is C22H20N4O. The number of ketones is 1. The van der Waals surface area contributed by atoms with E-state index >= 15 is 0 Å². The van der Waals surface area contributed by atoms with Gasteiger partial charge < -0.3 is 0 Å². The van der Waals surface area contributed by atoms with Gasteiger partial charge in [0.15, 0.2) is 5.78 Å². The van der Waals surface area contributed by atoms with E-state index in [4.69, 9.17) is 0 Å². The number of hydrogen-bond acceptors (Lipinski definition) is 4. The molecule has 0 amide bonds. The van der Waals surface area contributed by atoms with Gasteiger partial charge >= 0.3 is 0 Å². The number of aromatic nitrogens is 4. The highest BCUT2D eigenvalue weighted by atomic mass is 16.1. The Morgan fingerprint density at radius 3 is 2.33 bits per heavy atom. The van der Waals surface area contributed by atoms with Gasteiger partial charge in [-0.25, -0.2) is 0 Å². The summed E-state index contributed by atoms with van der Waals surface area (Å²) in [5, 5.41) is 7.54. The summed E-state index contributed by atoms with van der Waals surface area (Å²) in [6.45, 7) is 0. The average Bonchev–Trinajstić information content (AvgIpc) is 3.11. The largest absolute Gasteiger partial charge is 0.292 e. The minimum Gasteiger partial charge on any atom is -0.292 e. The van der Waals surface area contributed by atoms with Crippen LogP contribution in [0.2, 0.25) is 0 Å². The van der Waals surface area contributed by atoms with E-state index in [1.165, 1.54) is 0 Å². The fraction of sp³-hybridized carbons (Fsp3) is 0.273. The Morgan fingerprint density at radius 2 is 1.78 bits per heavy atom. The molecule has 2 aliphatic carbocycles. The number of fused-ring (bicyclic) bond motifs is 1. The summed E-state index contributed by atoms with van der Waals surface area (Å²) < 4.78 is 0. The van der Waals surface area contributed by atoms with E-state index in [9.17, 15) is 4.79 Å². The van der Waals surface area contributed by atoms with Crippen molar-refractivity contribution in [2.75, 3.05) is 0 Å². The highest BCUT2D eigenvalue weighted by Crippen LogP contribution is 2.42. The molecule has 0 aliphatic heterocycles. The lowest BCUT2D eigenvalue weighted by Crippen LogP contribution is -2.31. The second-order valence-electron chi connectivity index (χ2n) is 7.42. The number of carbonyl (C=O) groups is 1. The Labute approximate surface area is 157 Å². The SMILES string of the molecule is O=C(c1n[nH]c2c1C=CC(c1cccnc1)(c1cccnc1)C2)C1CCC1. The number of hydrogen-bond donors (Lipinski definition) is 1. The Kier molecular flexibility index (Phi) is 3.74. The number of allylic oxidation sites excluding steroid dienone is 1. The normalized spacial score (nSPS) is 17.9. The molecule has 0 unspecified atom stereocenters. The Balaban J connectivity index is 1.60. The summed E-state index contributed by atoms with van der Waals surface area (Å²) in [4.78, 5) is 21.4. The first-order chi connectivity index (χ1) is 13.3. The Hall–Kier alpha value is -3.08. The van der Waals surface area contributed by atoms with Crippen molar-refractivity contribution < 1.29 is 4.79 Å². The van der Waals surface area contributed by atoms with Crippen LogP contribution in [0.5, 0.6) is 0 Å². The predicted octanol–water partition coefficient (Wildman–Crippen LogP) is 3.74. The molecule has 0 aromatic carbocycles. The number of nitrogens with zero attached hydrogens (tertiary/aromatic N) is 3. The molecular weight excluding hydrogens is 336 g/mol. The van der Waals surface area contributed by atoms with Crippen LogP contribution in [0.1, 0.15) is 52.1 Å². The summed E-state index contributed by atoms with van der Waals surface area (Å²) >= 11 is 0. The van der Waals surface area contributed by atoms with E-state index in [0.717, 1.165) is 41.6 Å². The zero-order valence-electron chi connectivity index (χ0n) is 14.9. The van der Waals surface area contributed by atoms with Crippen molar-refractivity contribution in [3.63, 3.8) is 0 Å². The first-order valence-electron chi connectivity index (χ1n) is 9.40. The van der Waals surface area contributed by atoms with Crippen LogP contribution in [0, 0.1) is 5.92 Å². The number of aromatic amines is 1. The molecule has 5 heteroatoms. The summed E-state index contributed by atoms with van der Waals surface area (Å²) in [7, 11) is 0. The third-order valence-corrected chi connectivity index (χ3v) is 5.94. The maximum Gasteiger partial charge on any atom is 0.186 e. The van der Waals surface area contributed by atoms with Crippen molar-refractivity contribution in [1.29, 1.82) is 0 Å². The lowest BCUT2D eigenvalue weighted by atomic mass is 9.69. The number of rotatable bonds is 4. The van der Waals surface area contributed by atoms with Gasteiger partial charge in [0, 0.05) is 53.8 Å². The van der Waals surface area contributed by atoms with Gasteiger partial charge in [0.05, 0.1) is 0 Å². The number of nitrogens with one attached hydrogen (secondary N) is 1. The summed E-state index contributed by atoms with van der Waals surface area (Å²) in [5.74, 6) is 0.327. The molecule has 0 bridgehead atoms. The maximum absolute atomic E-state index is 12.7. The predicted molar refractivity (Wildman–Crippen MR) is 102 cm³/mol. The van der Waals surface area contributed by atoms with Crippen molar-refractivity contribution in [3.8, 4) is 0 Å². The van der Waals surface area contributed by atoms with Crippen molar-refractivity contribution in [1.82, 2.24) is 20.2 Å². The molecule has 0 radical (unpaired) electrons. The van der Waals surface area contributed by atoms with Gasteiger partial charge in [-0.2, -0.15) is 5.10 Å². The molecule has 5 rings (SSSR count). The second-order valence-corrected chi connectivity index (χ2v) is 7.42. The van der Waals surface area contributed by atoms with Crippen molar-refractivity contribution in [2.24, 2.45) is 5.92 Å². The minimum atomic E-state index is -0.376. The first-order valence-corrected chi connectivity index (χ1v) is 9.40. The lowest BCUT2D eigenvalue weighted by Gasteiger charge is -2.33. The third-order valence-electron chi connectivity index (χ3n) is 5.94. The van der Waals surface area contributed by atoms with E-state index in [1.807, 2.05) is 30.6 Å². The molecule has 0 saturated heterocycles. The quantitative estimate of drug-likeness (QED) is 0.723. The van der Waals surface area contributed by atoms with E-state index in [2.05, 4.69) is 38.4 Å². The highest BCUT2D eigenvalue weighted by molar-refractivity contribution is 6.00. The van der Waals surface area contributed by atoms with Gasteiger partial charge in [-0.3, -0.25) is 19.9 Å². The maximum atomic E-state index is 12.7. The molecule has 27 heavy (non-hydrogen) atoms. The molecule has 3 aromatic rings. The molecule has 3 heterocycles. The zero-order valence-corrected chi connectivity index (χ0v) is 14.9. The average molecular weight is 356 g/mol.